The molecule has 0 aliphatic carbocycles. The van der Waals surface area contributed by atoms with Crippen LogP contribution in [0.4, 0.5) is 5.69 Å². The topological polar surface area (TPSA) is 75.3 Å². The van der Waals surface area contributed by atoms with Crippen LogP contribution in [0.3, 0.4) is 0 Å². The van der Waals surface area contributed by atoms with E-state index in [0.29, 0.717) is 22.4 Å². The molecule has 0 heterocycles. The zero-order chi connectivity index (χ0) is 19.9. The number of amides is 2. The summed E-state index contributed by atoms with van der Waals surface area (Å²) < 4.78 is 0. The lowest BCUT2D eigenvalue weighted by Crippen LogP contribution is -2.25. The third kappa shape index (κ3) is 4.71. The lowest BCUT2D eigenvalue weighted by molar-refractivity contribution is -0.114. The molecule has 2 amide bonds. The van der Waals surface area contributed by atoms with Crippen LogP contribution in [0.2, 0.25) is 0 Å². The van der Waals surface area contributed by atoms with Gasteiger partial charge in [0, 0.05) is 30.3 Å². The van der Waals surface area contributed by atoms with Gasteiger partial charge in [0.25, 0.3) is 5.91 Å². The summed E-state index contributed by atoms with van der Waals surface area (Å²) in [6, 6.07) is 22.9. The van der Waals surface area contributed by atoms with Crippen molar-refractivity contribution in [1.82, 2.24) is 5.32 Å². The van der Waals surface area contributed by atoms with Crippen molar-refractivity contribution in [2.75, 3.05) is 5.32 Å². The number of benzene rings is 3. The number of carbonyl (C=O) groups excluding carboxylic acids is 3. The molecule has 140 valence electrons. The zero-order valence-electron chi connectivity index (χ0n) is 15.4. The van der Waals surface area contributed by atoms with E-state index in [2.05, 4.69) is 10.6 Å². The maximum absolute atomic E-state index is 12.8. The minimum absolute atomic E-state index is 0.158. The first kappa shape index (κ1) is 19.0. The molecule has 3 aromatic carbocycles. The van der Waals surface area contributed by atoms with Crippen LogP contribution in [0.1, 0.15) is 38.8 Å². The van der Waals surface area contributed by atoms with Gasteiger partial charge in [-0.05, 0) is 23.8 Å². The van der Waals surface area contributed by atoms with Crippen LogP contribution in [0.5, 0.6) is 0 Å². The molecule has 0 radical (unpaired) electrons. The van der Waals surface area contributed by atoms with Gasteiger partial charge in [-0.15, -0.1) is 0 Å². The van der Waals surface area contributed by atoms with Gasteiger partial charge in [-0.2, -0.15) is 0 Å². The third-order valence-electron chi connectivity index (χ3n) is 4.15. The van der Waals surface area contributed by atoms with Crippen molar-refractivity contribution in [3.05, 3.63) is 101 Å². The Balaban J connectivity index is 1.75. The summed E-state index contributed by atoms with van der Waals surface area (Å²) in [5.41, 5.74) is 2.73. The van der Waals surface area contributed by atoms with Crippen molar-refractivity contribution < 1.29 is 14.4 Å². The standard InChI is InChI=1S/C23H20N2O3/c1-16(26)25-19-11-7-8-17(14-19)15-24-23(28)21-13-6-5-12-20(21)22(27)18-9-3-2-4-10-18/h2-14H,15H2,1H3,(H,24,28)(H,25,26). The molecular formula is C23H20N2O3. The van der Waals surface area contributed by atoms with Crippen LogP contribution >= 0.6 is 0 Å². The normalized spacial score (nSPS) is 10.2. The number of rotatable bonds is 6. The lowest BCUT2D eigenvalue weighted by Gasteiger charge is -2.11. The number of hydrogen-bond donors (Lipinski definition) is 2. The highest BCUT2D eigenvalue weighted by Gasteiger charge is 2.17. The van der Waals surface area contributed by atoms with Gasteiger partial charge in [0.05, 0.1) is 5.56 Å². The van der Waals surface area contributed by atoms with Crippen LogP contribution in [0, 0.1) is 0 Å². The minimum Gasteiger partial charge on any atom is -0.348 e. The SMILES string of the molecule is CC(=O)Nc1cccc(CNC(=O)c2ccccc2C(=O)c2ccccc2)c1. The smallest absolute Gasteiger partial charge is 0.252 e. The zero-order valence-corrected chi connectivity index (χ0v) is 15.4. The molecule has 2 N–H and O–H groups in total. The average molecular weight is 372 g/mol. The van der Waals surface area contributed by atoms with Crippen molar-refractivity contribution in [2.24, 2.45) is 0 Å². The third-order valence-corrected chi connectivity index (χ3v) is 4.15. The Kier molecular flexibility index (Phi) is 5.97. The van der Waals surface area contributed by atoms with Gasteiger partial charge in [-0.3, -0.25) is 14.4 Å². The molecule has 0 aliphatic heterocycles. The highest BCUT2D eigenvalue weighted by molar-refractivity contribution is 6.15. The van der Waals surface area contributed by atoms with E-state index in [9.17, 15) is 14.4 Å². The average Bonchev–Trinajstić information content (AvgIpc) is 2.72. The van der Waals surface area contributed by atoms with E-state index in [1.54, 1.807) is 66.7 Å². The second-order valence-corrected chi connectivity index (χ2v) is 6.30. The molecule has 0 unspecified atom stereocenters. The van der Waals surface area contributed by atoms with Crippen molar-refractivity contribution in [2.45, 2.75) is 13.5 Å². The number of anilines is 1. The van der Waals surface area contributed by atoms with E-state index in [1.807, 2.05) is 12.1 Å². The summed E-state index contributed by atoms with van der Waals surface area (Å²) in [4.78, 5) is 36.7. The molecule has 0 saturated carbocycles. The number of hydrogen-bond acceptors (Lipinski definition) is 3. The van der Waals surface area contributed by atoms with Gasteiger partial charge in [-0.1, -0.05) is 60.7 Å². The van der Waals surface area contributed by atoms with Gasteiger partial charge in [0.15, 0.2) is 5.78 Å². The quantitative estimate of drug-likeness (QED) is 0.646. The van der Waals surface area contributed by atoms with Crippen LogP contribution < -0.4 is 10.6 Å². The Morgan fingerprint density at radius 3 is 2.18 bits per heavy atom. The van der Waals surface area contributed by atoms with E-state index >= 15 is 0 Å². The molecule has 0 aromatic heterocycles. The molecular weight excluding hydrogens is 352 g/mol. The summed E-state index contributed by atoms with van der Waals surface area (Å²) in [6.07, 6.45) is 0. The molecule has 5 nitrogen and oxygen atoms in total. The van der Waals surface area contributed by atoms with Crippen LogP contribution in [0.25, 0.3) is 0 Å². The first-order chi connectivity index (χ1) is 13.5. The largest absolute Gasteiger partial charge is 0.348 e. The van der Waals surface area contributed by atoms with Gasteiger partial charge in [-0.25, -0.2) is 0 Å². The Hall–Kier alpha value is -3.73. The van der Waals surface area contributed by atoms with Gasteiger partial charge >= 0.3 is 0 Å². The molecule has 3 aromatic rings. The molecule has 5 heteroatoms. The minimum atomic E-state index is -0.329. The molecule has 0 spiro atoms. The summed E-state index contributed by atoms with van der Waals surface area (Å²) in [5.74, 6) is -0.682. The second-order valence-electron chi connectivity index (χ2n) is 6.30. The van der Waals surface area contributed by atoms with E-state index in [0.717, 1.165) is 5.56 Å². The fourth-order valence-corrected chi connectivity index (χ4v) is 2.86. The predicted molar refractivity (Wildman–Crippen MR) is 108 cm³/mol. The van der Waals surface area contributed by atoms with Crippen molar-refractivity contribution in [3.63, 3.8) is 0 Å². The van der Waals surface area contributed by atoms with E-state index in [-0.39, 0.29) is 24.1 Å². The van der Waals surface area contributed by atoms with Crippen molar-refractivity contribution >= 4 is 23.3 Å². The molecule has 0 saturated heterocycles. The Morgan fingerprint density at radius 1 is 0.786 bits per heavy atom. The van der Waals surface area contributed by atoms with Gasteiger partial charge in [0.1, 0.15) is 0 Å². The summed E-state index contributed by atoms with van der Waals surface area (Å²) in [7, 11) is 0. The fraction of sp³-hybridized carbons (Fsp3) is 0.0870. The van der Waals surface area contributed by atoms with Gasteiger partial charge in [0.2, 0.25) is 5.91 Å². The monoisotopic (exact) mass is 372 g/mol. The van der Waals surface area contributed by atoms with Crippen molar-refractivity contribution in [1.29, 1.82) is 0 Å². The van der Waals surface area contributed by atoms with Gasteiger partial charge < -0.3 is 10.6 Å². The van der Waals surface area contributed by atoms with E-state index in [1.165, 1.54) is 6.92 Å². The fourth-order valence-electron chi connectivity index (χ4n) is 2.86. The number of carbonyl (C=O) groups is 3. The molecule has 0 atom stereocenters. The van der Waals surface area contributed by atoms with Crippen LogP contribution in [0.15, 0.2) is 78.9 Å². The first-order valence-electron chi connectivity index (χ1n) is 8.88. The van der Waals surface area contributed by atoms with E-state index < -0.39 is 0 Å². The molecule has 0 aliphatic rings. The Labute approximate surface area is 163 Å². The Morgan fingerprint density at radius 2 is 1.46 bits per heavy atom. The highest BCUT2D eigenvalue weighted by Crippen LogP contribution is 2.16. The second kappa shape index (κ2) is 8.77. The first-order valence-corrected chi connectivity index (χ1v) is 8.88. The van der Waals surface area contributed by atoms with Crippen LogP contribution in [-0.2, 0) is 11.3 Å². The maximum atomic E-state index is 12.8. The maximum Gasteiger partial charge on any atom is 0.252 e. The summed E-state index contributed by atoms with van der Waals surface area (Å²) >= 11 is 0. The highest BCUT2D eigenvalue weighted by atomic mass is 16.2. The summed E-state index contributed by atoms with van der Waals surface area (Å²) in [6.45, 7) is 1.72. The summed E-state index contributed by atoms with van der Waals surface area (Å²) in [5, 5.41) is 5.55. The van der Waals surface area contributed by atoms with E-state index in [4.69, 9.17) is 0 Å². The van der Waals surface area contributed by atoms with Crippen LogP contribution in [-0.4, -0.2) is 17.6 Å². The molecule has 28 heavy (non-hydrogen) atoms. The lowest BCUT2D eigenvalue weighted by atomic mass is 9.98. The van der Waals surface area contributed by atoms with Crippen molar-refractivity contribution in [3.8, 4) is 0 Å². The molecule has 0 bridgehead atoms. The Bertz CT molecular complexity index is 1010. The molecule has 0 fully saturated rings. The number of ketones is 1. The number of nitrogens with one attached hydrogen (secondary N) is 2. The predicted octanol–water partition coefficient (Wildman–Crippen LogP) is 3.81. The molecule has 3 rings (SSSR count).